The van der Waals surface area contributed by atoms with Crippen LogP contribution < -0.4 is 5.32 Å². The van der Waals surface area contributed by atoms with Crippen LogP contribution in [0.1, 0.15) is 47.1 Å². The number of likely N-dealkylation sites (tertiary alicyclic amines) is 2. The van der Waals surface area contributed by atoms with Gasteiger partial charge in [0.2, 0.25) is 5.89 Å². The number of benzene rings is 3. The second kappa shape index (κ2) is 13.1. The van der Waals surface area contributed by atoms with Gasteiger partial charge in [-0.15, -0.1) is 0 Å². The van der Waals surface area contributed by atoms with E-state index in [9.17, 15) is 10.4 Å². The average molecular weight is 650 g/mol. The summed E-state index contributed by atoms with van der Waals surface area (Å²) >= 11 is 0. The molecule has 2 fully saturated rings. The summed E-state index contributed by atoms with van der Waals surface area (Å²) in [4.78, 5) is 19.3. The number of β-amino-alcohol motifs (C(OH)–C–C–N with tert-alkyl or cyclic N) is 1. The van der Waals surface area contributed by atoms with E-state index in [4.69, 9.17) is 19.4 Å². The Morgan fingerprint density at radius 1 is 0.939 bits per heavy atom. The van der Waals surface area contributed by atoms with Crippen molar-refractivity contribution in [3.05, 3.63) is 101 Å². The molecule has 2 aliphatic rings. The molecule has 49 heavy (non-hydrogen) atoms. The highest BCUT2D eigenvalue weighted by Crippen LogP contribution is 2.41. The lowest BCUT2D eigenvalue weighted by Gasteiger charge is -2.19. The minimum absolute atomic E-state index is 0.253. The highest BCUT2D eigenvalue weighted by atomic mass is 16.3. The summed E-state index contributed by atoms with van der Waals surface area (Å²) in [5, 5.41) is 24.7. The van der Waals surface area contributed by atoms with Crippen LogP contribution in [-0.4, -0.2) is 62.1 Å². The number of hydrogen-bond acceptors (Lipinski definition) is 9. The smallest absolute Gasteiger partial charge is 0.228 e. The number of aliphatic hydroxyl groups is 1. The standard InChI is InChI=1S/C40H39N7O2/c1-25-33(29-8-4-3-5-9-29)19-34(44-39-37-30(10-12-42-39)17-28(21-43-37)23-47-15-11-32(48)24-47)26(2)36(25)40-45-35-18-27(22-46-13-6-7-14-46)16-31(20-41)38(35)49-40/h3-5,8-10,12,16-19,21,32,48H,6-7,11,13-15,22-24H2,1-2H3,(H,42,44)/t32-/m1/s1. The Labute approximate surface area is 285 Å². The number of hydrogen-bond donors (Lipinski definition) is 2. The molecule has 0 spiro atoms. The molecule has 1 atom stereocenters. The van der Waals surface area contributed by atoms with Gasteiger partial charge in [-0.25, -0.2) is 9.97 Å². The molecule has 5 heterocycles. The molecule has 0 bridgehead atoms. The zero-order chi connectivity index (χ0) is 33.5. The van der Waals surface area contributed by atoms with Gasteiger partial charge in [-0.1, -0.05) is 30.3 Å². The molecule has 3 aromatic carbocycles. The summed E-state index contributed by atoms with van der Waals surface area (Å²) in [5.41, 5.74) is 10.6. The highest BCUT2D eigenvalue weighted by Gasteiger charge is 2.23. The topological polar surface area (TPSA) is 114 Å². The summed E-state index contributed by atoms with van der Waals surface area (Å²) in [7, 11) is 0. The molecule has 0 unspecified atom stereocenters. The summed E-state index contributed by atoms with van der Waals surface area (Å²) in [6, 6.07) is 23.0. The highest BCUT2D eigenvalue weighted by molar-refractivity contribution is 5.93. The van der Waals surface area contributed by atoms with E-state index in [1.165, 1.54) is 12.8 Å². The molecular formula is C40H39N7O2. The molecular weight excluding hydrogens is 610 g/mol. The van der Waals surface area contributed by atoms with Crippen molar-refractivity contribution in [3.8, 4) is 28.7 Å². The van der Waals surface area contributed by atoms with Crippen molar-refractivity contribution in [2.45, 2.75) is 52.3 Å². The number of aromatic nitrogens is 3. The van der Waals surface area contributed by atoms with Crippen LogP contribution in [0.15, 0.2) is 77.5 Å². The lowest BCUT2D eigenvalue weighted by atomic mass is 9.91. The van der Waals surface area contributed by atoms with Crippen molar-refractivity contribution in [3.63, 3.8) is 0 Å². The molecule has 2 saturated heterocycles. The predicted octanol–water partition coefficient (Wildman–Crippen LogP) is 7.50. The van der Waals surface area contributed by atoms with E-state index in [2.05, 4.69) is 65.4 Å². The third-order valence-electron chi connectivity index (χ3n) is 9.98. The number of anilines is 2. The maximum absolute atomic E-state index is 10.1. The molecule has 9 heteroatoms. The van der Waals surface area contributed by atoms with Gasteiger partial charge in [0.15, 0.2) is 11.4 Å². The Morgan fingerprint density at radius 2 is 1.76 bits per heavy atom. The zero-order valence-electron chi connectivity index (χ0n) is 27.9. The molecule has 0 aliphatic carbocycles. The number of nitriles is 1. The lowest BCUT2D eigenvalue weighted by Crippen LogP contribution is -2.21. The van der Waals surface area contributed by atoms with E-state index in [1.807, 2.05) is 42.7 Å². The summed E-state index contributed by atoms with van der Waals surface area (Å²) in [6.45, 7) is 9.47. The van der Waals surface area contributed by atoms with E-state index in [-0.39, 0.29) is 6.10 Å². The SMILES string of the molecule is Cc1c(Nc2nccc3cc(CN4CC[C@@H](O)C4)cnc23)cc(-c2ccccc2)c(C)c1-c1nc2cc(CN3CCCC3)cc(C#N)c2o1. The average Bonchev–Trinajstić information content (AvgIpc) is 3.88. The van der Waals surface area contributed by atoms with Gasteiger partial charge >= 0.3 is 0 Å². The van der Waals surface area contributed by atoms with Gasteiger partial charge in [-0.3, -0.25) is 14.8 Å². The molecule has 0 amide bonds. The van der Waals surface area contributed by atoms with E-state index in [0.29, 0.717) is 34.9 Å². The first-order chi connectivity index (χ1) is 23.9. The second-order valence-corrected chi connectivity index (χ2v) is 13.4. The number of rotatable bonds is 8. The maximum atomic E-state index is 10.1. The van der Waals surface area contributed by atoms with Gasteiger partial charge in [0.1, 0.15) is 17.1 Å². The Hall–Kier alpha value is -5.14. The minimum Gasteiger partial charge on any atom is -0.435 e. The van der Waals surface area contributed by atoms with E-state index in [1.54, 1.807) is 0 Å². The van der Waals surface area contributed by atoms with Gasteiger partial charge in [-0.2, -0.15) is 5.26 Å². The van der Waals surface area contributed by atoms with E-state index < -0.39 is 0 Å². The second-order valence-electron chi connectivity index (χ2n) is 13.4. The fourth-order valence-electron chi connectivity index (χ4n) is 7.48. The third-order valence-corrected chi connectivity index (χ3v) is 9.98. The maximum Gasteiger partial charge on any atom is 0.228 e. The Bertz CT molecular complexity index is 2220. The fraction of sp³-hybridized carbons (Fsp3) is 0.300. The summed E-state index contributed by atoms with van der Waals surface area (Å²) in [6.07, 6.45) is 6.70. The molecule has 6 aromatic rings. The van der Waals surface area contributed by atoms with Gasteiger partial charge in [-0.05, 0) is 110 Å². The molecule has 3 aromatic heterocycles. The molecule has 8 rings (SSSR count). The van der Waals surface area contributed by atoms with Crippen LogP contribution in [0.2, 0.25) is 0 Å². The zero-order valence-corrected chi connectivity index (χ0v) is 27.9. The van der Waals surface area contributed by atoms with Crippen LogP contribution in [-0.2, 0) is 13.1 Å². The quantitative estimate of drug-likeness (QED) is 0.173. The summed E-state index contributed by atoms with van der Waals surface area (Å²) in [5.74, 6) is 1.15. The normalized spacial score (nSPS) is 16.9. The first kappa shape index (κ1) is 31.1. The van der Waals surface area contributed by atoms with Crippen LogP contribution in [0, 0.1) is 25.2 Å². The van der Waals surface area contributed by atoms with Crippen molar-refractivity contribution in [1.82, 2.24) is 24.8 Å². The Balaban J connectivity index is 1.21. The molecule has 9 nitrogen and oxygen atoms in total. The van der Waals surface area contributed by atoms with Gasteiger partial charge in [0.05, 0.1) is 11.7 Å². The van der Waals surface area contributed by atoms with Crippen molar-refractivity contribution in [1.29, 1.82) is 5.26 Å². The fourth-order valence-corrected chi connectivity index (χ4v) is 7.48. The number of aliphatic hydroxyl groups excluding tert-OH is 1. The predicted molar refractivity (Wildman–Crippen MR) is 192 cm³/mol. The number of oxazole rings is 1. The van der Waals surface area contributed by atoms with Crippen molar-refractivity contribution < 1.29 is 9.52 Å². The van der Waals surface area contributed by atoms with Gasteiger partial charge < -0.3 is 14.8 Å². The number of pyridine rings is 2. The molecule has 2 N–H and O–H groups in total. The monoisotopic (exact) mass is 649 g/mol. The molecule has 0 saturated carbocycles. The Kier molecular flexibility index (Phi) is 8.30. The van der Waals surface area contributed by atoms with Crippen LogP contribution in [0.3, 0.4) is 0 Å². The van der Waals surface area contributed by atoms with Crippen LogP contribution in [0.25, 0.3) is 44.6 Å². The van der Waals surface area contributed by atoms with Crippen molar-refractivity contribution in [2.24, 2.45) is 0 Å². The van der Waals surface area contributed by atoms with Crippen LogP contribution >= 0.6 is 0 Å². The van der Waals surface area contributed by atoms with Crippen molar-refractivity contribution >= 4 is 33.5 Å². The lowest BCUT2D eigenvalue weighted by molar-refractivity contribution is 0.175. The third kappa shape index (κ3) is 6.15. The van der Waals surface area contributed by atoms with Crippen LogP contribution in [0.5, 0.6) is 0 Å². The Morgan fingerprint density at radius 3 is 2.53 bits per heavy atom. The molecule has 246 valence electrons. The van der Waals surface area contributed by atoms with Gasteiger partial charge in [0.25, 0.3) is 0 Å². The van der Waals surface area contributed by atoms with Crippen molar-refractivity contribution in [2.75, 3.05) is 31.5 Å². The van der Waals surface area contributed by atoms with E-state index >= 15 is 0 Å². The van der Waals surface area contributed by atoms with Crippen LogP contribution in [0.4, 0.5) is 11.5 Å². The molecule has 0 radical (unpaired) electrons. The molecule has 2 aliphatic heterocycles. The number of fused-ring (bicyclic) bond motifs is 2. The van der Waals surface area contributed by atoms with E-state index in [0.717, 1.165) is 94.7 Å². The largest absolute Gasteiger partial charge is 0.435 e. The number of nitrogens with zero attached hydrogens (tertiary/aromatic N) is 6. The first-order valence-electron chi connectivity index (χ1n) is 17.1. The summed E-state index contributed by atoms with van der Waals surface area (Å²) < 4.78 is 6.48. The van der Waals surface area contributed by atoms with Gasteiger partial charge in [0, 0.05) is 55.2 Å². The first-order valence-corrected chi connectivity index (χ1v) is 17.1. The number of nitrogens with one attached hydrogen (secondary N) is 1. The minimum atomic E-state index is -0.253.